The van der Waals surface area contributed by atoms with Gasteiger partial charge in [0.2, 0.25) is 0 Å². The molecule has 9 heteroatoms. The first-order valence-electron chi connectivity index (χ1n) is 11.9. The number of fused-ring (bicyclic) bond motifs is 1. The molecule has 1 aromatic heterocycles. The number of hydrogen-bond donors (Lipinski definition) is 2. The van der Waals surface area contributed by atoms with Gasteiger partial charge in [0.05, 0.1) is 13.7 Å². The molecule has 38 heavy (non-hydrogen) atoms. The molecule has 8 nitrogen and oxygen atoms in total. The minimum Gasteiger partial charge on any atom is -0.477 e. The molecule has 0 aliphatic heterocycles. The van der Waals surface area contributed by atoms with Crippen LogP contribution < -0.4 is 10.9 Å². The Morgan fingerprint density at radius 1 is 0.974 bits per heavy atom. The first-order chi connectivity index (χ1) is 18.3. The van der Waals surface area contributed by atoms with Crippen molar-refractivity contribution in [2.24, 2.45) is 0 Å². The summed E-state index contributed by atoms with van der Waals surface area (Å²) < 4.78 is 6.58. The first kappa shape index (κ1) is 26.8. The maximum absolute atomic E-state index is 13.5. The number of pyridine rings is 1. The molecule has 0 saturated carbocycles. The lowest BCUT2D eigenvalue weighted by atomic mass is 9.96. The number of aromatic nitrogens is 1. The second-order valence-corrected chi connectivity index (χ2v) is 9.52. The molecule has 2 N–H and O–H groups in total. The summed E-state index contributed by atoms with van der Waals surface area (Å²) in [5.74, 6) is -1.85. The quantitative estimate of drug-likeness (QED) is 0.217. The van der Waals surface area contributed by atoms with Crippen molar-refractivity contribution < 1.29 is 24.2 Å². The molecule has 0 atom stereocenters. The lowest BCUT2D eigenvalue weighted by molar-refractivity contribution is -0.140. The van der Waals surface area contributed by atoms with Crippen molar-refractivity contribution in [3.05, 3.63) is 104 Å². The zero-order chi connectivity index (χ0) is 27.2. The number of nitrogens with zero attached hydrogens (tertiary/aromatic N) is 1. The summed E-state index contributed by atoms with van der Waals surface area (Å²) in [4.78, 5) is 49.7. The lowest BCUT2D eigenvalue weighted by Crippen LogP contribution is -2.28. The SMILES string of the molecule is COC(=O)CCCNC(=O)c1ccc(Cn2c(C(=O)O)c(-c3ccccc3)c3cc(Br)ccc3c2=O)cc1. The van der Waals surface area contributed by atoms with E-state index >= 15 is 0 Å². The van der Waals surface area contributed by atoms with Crippen molar-refractivity contribution in [2.45, 2.75) is 19.4 Å². The fourth-order valence-electron chi connectivity index (χ4n) is 4.27. The van der Waals surface area contributed by atoms with Crippen LogP contribution in [0.4, 0.5) is 0 Å². The number of benzene rings is 3. The number of nitrogens with one attached hydrogen (secondary N) is 1. The third-order valence-corrected chi connectivity index (χ3v) is 6.62. The van der Waals surface area contributed by atoms with Crippen LogP contribution in [-0.2, 0) is 16.1 Å². The molecule has 0 aliphatic carbocycles. The molecule has 1 heterocycles. The van der Waals surface area contributed by atoms with Gasteiger partial charge in [-0.2, -0.15) is 0 Å². The largest absolute Gasteiger partial charge is 0.477 e. The fraction of sp³-hybridized carbons (Fsp3) is 0.172. The molecule has 0 spiro atoms. The summed E-state index contributed by atoms with van der Waals surface area (Å²) in [5, 5.41) is 14.0. The van der Waals surface area contributed by atoms with E-state index < -0.39 is 11.5 Å². The topological polar surface area (TPSA) is 115 Å². The number of esters is 1. The number of carboxylic acid groups (broad SMARTS) is 1. The van der Waals surface area contributed by atoms with Gasteiger partial charge in [0.15, 0.2) is 0 Å². The smallest absolute Gasteiger partial charge is 0.353 e. The third kappa shape index (κ3) is 5.84. The van der Waals surface area contributed by atoms with Gasteiger partial charge in [0.25, 0.3) is 11.5 Å². The van der Waals surface area contributed by atoms with E-state index in [0.29, 0.717) is 46.0 Å². The van der Waals surface area contributed by atoms with Gasteiger partial charge in [-0.1, -0.05) is 58.4 Å². The summed E-state index contributed by atoms with van der Waals surface area (Å²) in [6.45, 7) is 0.329. The van der Waals surface area contributed by atoms with Crippen LogP contribution in [0.15, 0.2) is 82.1 Å². The standard InChI is InChI=1S/C29H25BrN2O6/c1-38-24(33)8-5-15-31-27(34)20-11-9-18(10-12-20)17-32-26(29(36)37)25(19-6-3-2-4-7-19)23-16-21(30)13-14-22(23)28(32)35/h2-4,6-7,9-14,16H,5,8,15,17H2,1H3,(H,31,34)(H,36,37). The fourth-order valence-corrected chi connectivity index (χ4v) is 4.63. The minimum atomic E-state index is -1.22. The molecule has 4 aromatic rings. The molecule has 0 unspecified atom stereocenters. The molecular formula is C29H25BrN2O6. The summed E-state index contributed by atoms with van der Waals surface area (Å²) in [6, 6.07) is 20.9. The number of amides is 1. The van der Waals surface area contributed by atoms with E-state index in [-0.39, 0.29) is 30.5 Å². The molecule has 194 valence electrons. The molecule has 4 rings (SSSR count). The van der Waals surface area contributed by atoms with E-state index in [4.69, 9.17) is 0 Å². The van der Waals surface area contributed by atoms with Crippen molar-refractivity contribution in [3.8, 4) is 11.1 Å². The van der Waals surface area contributed by atoms with E-state index in [1.807, 2.05) is 30.3 Å². The highest BCUT2D eigenvalue weighted by Gasteiger charge is 2.23. The highest BCUT2D eigenvalue weighted by Crippen LogP contribution is 2.32. The normalized spacial score (nSPS) is 10.8. The third-order valence-electron chi connectivity index (χ3n) is 6.13. The number of ether oxygens (including phenoxy) is 1. The van der Waals surface area contributed by atoms with Gasteiger partial charge in [-0.05, 0) is 53.3 Å². The molecule has 0 fully saturated rings. The van der Waals surface area contributed by atoms with Crippen molar-refractivity contribution in [2.75, 3.05) is 13.7 Å². The number of methoxy groups -OCH3 is 1. The molecule has 0 bridgehead atoms. The number of rotatable bonds is 9. The van der Waals surface area contributed by atoms with Crippen LogP contribution in [0.2, 0.25) is 0 Å². The zero-order valence-electron chi connectivity index (χ0n) is 20.6. The van der Waals surface area contributed by atoms with Crippen molar-refractivity contribution in [3.63, 3.8) is 0 Å². The molecule has 3 aromatic carbocycles. The first-order valence-corrected chi connectivity index (χ1v) is 12.7. The maximum Gasteiger partial charge on any atom is 0.353 e. The average Bonchev–Trinajstić information content (AvgIpc) is 2.92. The Morgan fingerprint density at radius 3 is 2.34 bits per heavy atom. The monoisotopic (exact) mass is 576 g/mol. The number of carboxylic acids is 1. The Bertz CT molecular complexity index is 1560. The van der Waals surface area contributed by atoms with Gasteiger partial charge in [-0.3, -0.25) is 19.0 Å². The molecule has 1 amide bonds. The Hall–Kier alpha value is -4.24. The van der Waals surface area contributed by atoms with Crippen LogP contribution in [0.25, 0.3) is 21.9 Å². The van der Waals surface area contributed by atoms with E-state index in [1.54, 1.807) is 42.5 Å². The lowest BCUT2D eigenvalue weighted by Gasteiger charge is -2.18. The second kappa shape index (κ2) is 11.9. The van der Waals surface area contributed by atoms with Crippen LogP contribution in [0, 0.1) is 0 Å². The van der Waals surface area contributed by atoms with E-state index in [9.17, 15) is 24.3 Å². The summed E-state index contributed by atoms with van der Waals surface area (Å²) in [5.41, 5.74) is 1.67. The van der Waals surface area contributed by atoms with Gasteiger partial charge < -0.3 is 15.2 Å². The Morgan fingerprint density at radius 2 is 1.68 bits per heavy atom. The number of halogens is 1. The number of hydrogen-bond acceptors (Lipinski definition) is 5. The van der Waals surface area contributed by atoms with Gasteiger partial charge in [0.1, 0.15) is 5.69 Å². The molecule has 0 saturated heterocycles. The van der Waals surface area contributed by atoms with E-state index in [1.165, 1.54) is 11.7 Å². The van der Waals surface area contributed by atoms with Crippen molar-refractivity contribution in [1.29, 1.82) is 0 Å². The highest BCUT2D eigenvalue weighted by atomic mass is 79.9. The number of carbonyl (C=O) groups is 3. The van der Waals surface area contributed by atoms with Gasteiger partial charge in [-0.25, -0.2) is 4.79 Å². The predicted molar refractivity (Wildman–Crippen MR) is 147 cm³/mol. The Kier molecular flexibility index (Phi) is 8.38. The second-order valence-electron chi connectivity index (χ2n) is 8.61. The Balaban J connectivity index is 1.69. The Labute approximate surface area is 227 Å². The molecule has 0 aliphatic rings. The van der Waals surface area contributed by atoms with Gasteiger partial charge >= 0.3 is 11.9 Å². The summed E-state index contributed by atoms with van der Waals surface area (Å²) >= 11 is 3.44. The van der Waals surface area contributed by atoms with Crippen LogP contribution in [0.3, 0.4) is 0 Å². The zero-order valence-corrected chi connectivity index (χ0v) is 22.2. The maximum atomic E-state index is 13.5. The summed E-state index contributed by atoms with van der Waals surface area (Å²) in [7, 11) is 1.31. The molecule has 0 radical (unpaired) electrons. The van der Waals surface area contributed by atoms with Crippen molar-refractivity contribution >= 4 is 44.5 Å². The average molecular weight is 577 g/mol. The van der Waals surface area contributed by atoms with Crippen molar-refractivity contribution in [1.82, 2.24) is 9.88 Å². The van der Waals surface area contributed by atoms with Gasteiger partial charge in [-0.15, -0.1) is 0 Å². The highest BCUT2D eigenvalue weighted by molar-refractivity contribution is 9.10. The minimum absolute atomic E-state index is 0.00727. The number of carbonyl (C=O) groups excluding carboxylic acids is 2. The van der Waals surface area contributed by atoms with E-state index in [2.05, 4.69) is 26.0 Å². The van der Waals surface area contributed by atoms with Crippen LogP contribution in [-0.4, -0.2) is 41.2 Å². The van der Waals surface area contributed by atoms with Crippen LogP contribution >= 0.6 is 15.9 Å². The van der Waals surface area contributed by atoms with Gasteiger partial charge in [0, 0.05) is 34.0 Å². The number of aromatic carboxylic acids is 1. The summed E-state index contributed by atoms with van der Waals surface area (Å²) in [6.07, 6.45) is 0.670. The molecular weight excluding hydrogens is 552 g/mol. The van der Waals surface area contributed by atoms with Crippen LogP contribution in [0.5, 0.6) is 0 Å². The predicted octanol–water partition coefficient (Wildman–Crippen LogP) is 4.86. The van der Waals surface area contributed by atoms with Crippen LogP contribution in [0.1, 0.15) is 39.3 Å². The van der Waals surface area contributed by atoms with E-state index in [0.717, 1.165) is 4.47 Å².